The molecule has 0 spiro atoms. The summed E-state index contributed by atoms with van der Waals surface area (Å²) >= 11 is 0. The van der Waals surface area contributed by atoms with Crippen LogP contribution in [-0.4, -0.2) is 37.4 Å². The van der Waals surface area contributed by atoms with Gasteiger partial charge in [-0.05, 0) is 51.4 Å². The van der Waals surface area contributed by atoms with Gasteiger partial charge in [0.15, 0.2) is 9.84 Å². The second-order valence-electron chi connectivity index (χ2n) is 6.63. The molecule has 2 bridgehead atoms. The molecule has 0 aromatic heterocycles. The van der Waals surface area contributed by atoms with E-state index in [0.29, 0.717) is 11.8 Å². The summed E-state index contributed by atoms with van der Waals surface area (Å²) in [5.74, 6) is 0.0922. The Labute approximate surface area is 121 Å². The molecule has 0 saturated heterocycles. The van der Waals surface area contributed by atoms with E-state index >= 15 is 0 Å². The van der Waals surface area contributed by atoms with Crippen LogP contribution in [-0.2, 0) is 14.6 Å². The Morgan fingerprint density at radius 2 is 1.80 bits per heavy atom. The lowest BCUT2D eigenvalue weighted by atomic mass is 9.67. The first-order valence-corrected chi connectivity index (χ1v) is 9.27. The third-order valence-electron chi connectivity index (χ3n) is 4.75. The maximum Gasteiger partial charge on any atom is 0.235 e. The summed E-state index contributed by atoms with van der Waals surface area (Å²) in [7, 11) is -3.32. The number of nitrogens with one attached hydrogen (secondary N) is 1. The van der Waals surface area contributed by atoms with E-state index in [1.807, 2.05) is 0 Å². The molecule has 5 nitrogen and oxygen atoms in total. The number of nitrogens with two attached hydrogens (primary N) is 1. The van der Waals surface area contributed by atoms with Gasteiger partial charge in [0.2, 0.25) is 5.91 Å². The van der Waals surface area contributed by atoms with Crippen molar-refractivity contribution in [1.82, 2.24) is 5.32 Å². The predicted octanol–water partition coefficient (Wildman–Crippen LogP) is 0.832. The molecule has 0 aliphatic heterocycles. The maximum atomic E-state index is 12.0. The van der Waals surface area contributed by atoms with Gasteiger partial charge in [0.1, 0.15) is 5.75 Å². The van der Waals surface area contributed by atoms with Gasteiger partial charge in [-0.15, -0.1) is 0 Å². The number of hydrogen-bond donors (Lipinski definition) is 2. The highest BCUT2D eigenvalue weighted by molar-refractivity contribution is 7.92. The van der Waals surface area contributed by atoms with E-state index in [1.165, 1.54) is 6.42 Å². The largest absolute Gasteiger partial charge is 0.352 e. The Bertz CT molecular complexity index is 447. The average Bonchev–Trinajstić information content (AvgIpc) is 2.29. The van der Waals surface area contributed by atoms with Crippen LogP contribution in [0.25, 0.3) is 0 Å². The molecule has 1 amide bonds. The number of amides is 1. The summed E-state index contributed by atoms with van der Waals surface area (Å²) in [6, 6.07) is 0.358. The first kappa shape index (κ1) is 15.8. The molecule has 0 radical (unpaired) electrons. The number of fused-ring (bicyclic) bond motifs is 2. The monoisotopic (exact) mass is 302 g/mol. The second-order valence-corrected chi connectivity index (χ2v) is 9.19. The van der Waals surface area contributed by atoms with E-state index in [4.69, 9.17) is 5.73 Å². The lowest BCUT2D eigenvalue weighted by Crippen LogP contribution is -2.54. The normalized spacial score (nSPS) is 34.0. The van der Waals surface area contributed by atoms with Gasteiger partial charge in [-0.3, -0.25) is 4.79 Å². The molecule has 3 N–H and O–H groups in total. The van der Waals surface area contributed by atoms with Crippen molar-refractivity contribution in [3.05, 3.63) is 0 Å². The summed E-state index contributed by atoms with van der Waals surface area (Å²) in [5, 5.41) is 2.47. The maximum absolute atomic E-state index is 12.0. The summed E-state index contributed by atoms with van der Waals surface area (Å²) < 4.78 is 23.6. The molecule has 116 valence electrons. The zero-order chi connectivity index (χ0) is 14.9. The third kappa shape index (κ3) is 3.52. The lowest BCUT2D eigenvalue weighted by Gasteiger charge is -2.45. The van der Waals surface area contributed by atoms with Crippen molar-refractivity contribution >= 4 is 15.7 Å². The fraction of sp³-hybridized carbons (Fsp3) is 0.929. The average molecular weight is 302 g/mol. The molecular weight excluding hydrogens is 276 g/mol. The molecule has 2 aliphatic rings. The minimum atomic E-state index is -3.32. The summed E-state index contributed by atoms with van der Waals surface area (Å²) in [6.45, 7) is 3.22. The molecule has 0 aromatic carbocycles. The molecule has 2 aliphatic carbocycles. The number of carbonyl (C=O) groups excluding carboxylic acids is 1. The van der Waals surface area contributed by atoms with Gasteiger partial charge < -0.3 is 11.1 Å². The van der Waals surface area contributed by atoms with Gasteiger partial charge in [-0.25, -0.2) is 8.42 Å². The summed E-state index contributed by atoms with van der Waals surface area (Å²) in [4.78, 5) is 12.0. The van der Waals surface area contributed by atoms with Crippen LogP contribution in [0.5, 0.6) is 0 Å². The van der Waals surface area contributed by atoms with Gasteiger partial charge >= 0.3 is 0 Å². The Balaban J connectivity index is 1.97. The van der Waals surface area contributed by atoms with Crippen LogP contribution in [0.1, 0.15) is 46.0 Å². The number of hydrogen-bond acceptors (Lipinski definition) is 4. The Morgan fingerprint density at radius 3 is 2.30 bits per heavy atom. The zero-order valence-electron chi connectivity index (χ0n) is 12.3. The Kier molecular flexibility index (Phi) is 4.74. The standard InChI is InChI=1S/C14H26N2O3S/c1-9(2)20(18,19)8-13(17)16-14-10-4-3-5-11(14)7-12(15)6-10/h9-12,14H,3-8,15H2,1-2H3,(H,16,17). The Hall–Kier alpha value is -0.620. The van der Waals surface area contributed by atoms with Crippen LogP contribution < -0.4 is 11.1 Å². The minimum Gasteiger partial charge on any atom is -0.352 e. The lowest BCUT2D eigenvalue weighted by molar-refractivity contribution is -0.120. The highest BCUT2D eigenvalue weighted by Gasteiger charge is 2.40. The van der Waals surface area contributed by atoms with E-state index in [2.05, 4.69) is 5.32 Å². The molecule has 2 rings (SSSR count). The smallest absolute Gasteiger partial charge is 0.235 e. The van der Waals surface area contributed by atoms with Crippen molar-refractivity contribution in [2.24, 2.45) is 17.6 Å². The van der Waals surface area contributed by atoms with Crippen LogP contribution in [0.15, 0.2) is 0 Å². The number of rotatable bonds is 4. The molecule has 6 heteroatoms. The Morgan fingerprint density at radius 1 is 1.25 bits per heavy atom. The number of sulfone groups is 1. The van der Waals surface area contributed by atoms with Crippen molar-refractivity contribution in [2.75, 3.05) is 5.75 Å². The summed E-state index contributed by atoms with van der Waals surface area (Å²) in [6.07, 6.45) is 5.26. The van der Waals surface area contributed by atoms with E-state index in [1.54, 1.807) is 13.8 Å². The molecule has 2 fully saturated rings. The number of carbonyl (C=O) groups is 1. The van der Waals surface area contributed by atoms with Gasteiger partial charge in [-0.2, -0.15) is 0 Å². The third-order valence-corrected chi connectivity index (χ3v) is 6.86. The molecule has 2 atom stereocenters. The van der Waals surface area contributed by atoms with Gasteiger partial charge in [0.25, 0.3) is 0 Å². The van der Waals surface area contributed by atoms with Gasteiger partial charge in [-0.1, -0.05) is 6.42 Å². The van der Waals surface area contributed by atoms with Crippen molar-refractivity contribution in [1.29, 1.82) is 0 Å². The van der Waals surface area contributed by atoms with Crippen LogP contribution in [0.4, 0.5) is 0 Å². The van der Waals surface area contributed by atoms with Crippen molar-refractivity contribution in [2.45, 2.75) is 63.3 Å². The molecule has 2 unspecified atom stereocenters. The quantitative estimate of drug-likeness (QED) is 0.805. The van der Waals surface area contributed by atoms with Gasteiger partial charge in [0, 0.05) is 12.1 Å². The topological polar surface area (TPSA) is 89.3 Å². The van der Waals surface area contributed by atoms with Gasteiger partial charge in [0.05, 0.1) is 5.25 Å². The minimum absolute atomic E-state index is 0.124. The van der Waals surface area contributed by atoms with Crippen LogP contribution >= 0.6 is 0 Å². The molecule has 2 saturated carbocycles. The zero-order valence-corrected chi connectivity index (χ0v) is 13.2. The van der Waals surface area contributed by atoms with Crippen molar-refractivity contribution < 1.29 is 13.2 Å². The summed E-state index contributed by atoms with van der Waals surface area (Å²) in [5.41, 5.74) is 6.05. The van der Waals surface area contributed by atoms with Crippen molar-refractivity contribution in [3.8, 4) is 0 Å². The molecule has 0 heterocycles. The highest BCUT2D eigenvalue weighted by Crippen LogP contribution is 2.39. The van der Waals surface area contributed by atoms with Crippen LogP contribution in [0.2, 0.25) is 0 Å². The van der Waals surface area contributed by atoms with Crippen LogP contribution in [0, 0.1) is 11.8 Å². The van der Waals surface area contributed by atoms with Crippen molar-refractivity contribution in [3.63, 3.8) is 0 Å². The molecular formula is C14H26N2O3S. The fourth-order valence-corrected chi connectivity index (χ4v) is 4.38. The van der Waals surface area contributed by atoms with E-state index in [0.717, 1.165) is 25.7 Å². The fourth-order valence-electron chi connectivity index (χ4n) is 3.60. The first-order chi connectivity index (χ1) is 9.29. The second kappa shape index (κ2) is 6.02. The highest BCUT2D eigenvalue weighted by atomic mass is 32.2. The SMILES string of the molecule is CC(C)S(=O)(=O)CC(=O)NC1C2CCCC1CC(N)C2. The van der Waals surface area contributed by atoms with Crippen LogP contribution in [0.3, 0.4) is 0 Å². The predicted molar refractivity (Wildman–Crippen MR) is 78.9 cm³/mol. The molecule has 20 heavy (non-hydrogen) atoms. The molecule has 0 aromatic rings. The van der Waals surface area contributed by atoms with E-state index in [-0.39, 0.29) is 18.0 Å². The first-order valence-electron chi connectivity index (χ1n) is 7.56. The van der Waals surface area contributed by atoms with E-state index < -0.39 is 20.8 Å². The van der Waals surface area contributed by atoms with E-state index in [9.17, 15) is 13.2 Å².